The van der Waals surface area contributed by atoms with Crippen molar-refractivity contribution in [2.75, 3.05) is 20.7 Å². The van der Waals surface area contributed by atoms with Gasteiger partial charge in [-0.3, -0.25) is 9.59 Å². The fourth-order valence-electron chi connectivity index (χ4n) is 2.80. The van der Waals surface area contributed by atoms with Crippen LogP contribution >= 0.6 is 0 Å². The van der Waals surface area contributed by atoms with E-state index in [-0.39, 0.29) is 36.5 Å². The molecular formula is C15H26N2O4. The lowest BCUT2D eigenvalue weighted by atomic mass is 9.84. The highest BCUT2D eigenvalue weighted by Crippen LogP contribution is 2.28. The van der Waals surface area contributed by atoms with Crippen LogP contribution in [0.5, 0.6) is 0 Å². The number of ether oxygens (including phenoxy) is 1. The van der Waals surface area contributed by atoms with Gasteiger partial charge in [0.15, 0.2) is 0 Å². The van der Waals surface area contributed by atoms with Gasteiger partial charge >= 0.3 is 0 Å². The summed E-state index contributed by atoms with van der Waals surface area (Å²) in [4.78, 5) is 25.3. The van der Waals surface area contributed by atoms with E-state index in [1.54, 1.807) is 19.0 Å². The van der Waals surface area contributed by atoms with E-state index in [1.807, 2.05) is 0 Å². The number of nitrogens with one attached hydrogen (secondary N) is 1. The zero-order valence-corrected chi connectivity index (χ0v) is 12.9. The van der Waals surface area contributed by atoms with E-state index in [4.69, 9.17) is 4.74 Å². The van der Waals surface area contributed by atoms with Crippen molar-refractivity contribution >= 4 is 11.8 Å². The minimum Gasteiger partial charge on any atom is -0.394 e. The summed E-state index contributed by atoms with van der Waals surface area (Å²) in [5, 5.41) is 12.5. The van der Waals surface area contributed by atoms with Gasteiger partial charge in [-0.15, -0.1) is 0 Å². The van der Waals surface area contributed by atoms with E-state index < -0.39 is 6.10 Å². The second-order valence-electron chi connectivity index (χ2n) is 6.29. The average molecular weight is 298 g/mol. The summed E-state index contributed by atoms with van der Waals surface area (Å²) < 4.78 is 5.79. The molecule has 2 rings (SSSR count). The van der Waals surface area contributed by atoms with Crippen LogP contribution in [0.2, 0.25) is 0 Å². The Morgan fingerprint density at radius 3 is 2.48 bits per heavy atom. The highest BCUT2D eigenvalue weighted by molar-refractivity contribution is 5.79. The maximum atomic E-state index is 12.0. The molecule has 2 fully saturated rings. The van der Waals surface area contributed by atoms with Crippen molar-refractivity contribution in [3.8, 4) is 0 Å². The molecular weight excluding hydrogens is 272 g/mol. The smallest absolute Gasteiger partial charge is 0.224 e. The SMILES string of the molecule is CN(C)C(=O)C[C@@H]1CC[C@@H](NC(=O)C2CCC2)[C@H](CO)O1. The molecule has 0 aromatic rings. The lowest BCUT2D eigenvalue weighted by Crippen LogP contribution is -2.53. The van der Waals surface area contributed by atoms with Gasteiger partial charge in [-0.25, -0.2) is 0 Å². The molecule has 1 heterocycles. The van der Waals surface area contributed by atoms with Gasteiger partial charge in [0, 0.05) is 20.0 Å². The minimum absolute atomic E-state index is 0.0219. The van der Waals surface area contributed by atoms with E-state index in [0.29, 0.717) is 6.42 Å². The zero-order valence-electron chi connectivity index (χ0n) is 12.9. The quantitative estimate of drug-likeness (QED) is 0.764. The highest BCUT2D eigenvalue weighted by atomic mass is 16.5. The van der Waals surface area contributed by atoms with Gasteiger partial charge in [-0.05, 0) is 25.7 Å². The third kappa shape index (κ3) is 4.17. The van der Waals surface area contributed by atoms with Gasteiger partial charge in [-0.1, -0.05) is 6.42 Å². The Morgan fingerprint density at radius 1 is 1.24 bits per heavy atom. The first-order valence-corrected chi connectivity index (χ1v) is 7.78. The van der Waals surface area contributed by atoms with Gasteiger partial charge < -0.3 is 20.1 Å². The largest absolute Gasteiger partial charge is 0.394 e. The molecule has 1 aliphatic heterocycles. The average Bonchev–Trinajstić information content (AvgIpc) is 2.38. The first-order chi connectivity index (χ1) is 10.0. The number of aliphatic hydroxyl groups excluding tert-OH is 1. The minimum atomic E-state index is -0.414. The van der Waals surface area contributed by atoms with E-state index in [1.165, 1.54) is 0 Å². The number of carbonyl (C=O) groups excluding carboxylic acids is 2. The molecule has 0 unspecified atom stereocenters. The van der Waals surface area contributed by atoms with Crippen LogP contribution in [0.25, 0.3) is 0 Å². The molecule has 120 valence electrons. The number of aliphatic hydroxyl groups is 1. The Kier molecular flexibility index (Phi) is 5.58. The molecule has 1 saturated carbocycles. The van der Waals surface area contributed by atoms with Crippen LogP contribution in [-0.2, 0) is 14.3 Å². The van der Waals surface area contributed by atoms with Crippen molar-refractivity contribution in [2.45, 2.75) is 56.8 Å². The fraction of sp³-hybridized carbons (Fsp3) is 0.867. The number of amides is 2. The van der Waals surface area contributed by atoms with Crippen LogP contribution in [0.4, 0.5) is 0 Å². The standard InChI is InChI=1S/C15H26N2O4/c1-17(2)14(19)8-11-6-7-12(13(9-18)21-11)16-15(20)10-4-3-5-10/h10-13,18H,3-9H2,1-2H3,(H,16,20)/t11-,12+,13-/m0/s1. The molecule has 6 nitrogen and oxygen atoms in total. The normalized spacial score (nSPS) is 29.6. The molecule has 6 heteroatoms. The van der Waals surface area contributed by atoms with E-state index in [9.17, 15) is 14.7 Å². The monoisotopic (exact) mass is 298 g/mol. The van der Waals surface area contributed by atoms with E-state index >= 15 is 0 Å². The zero-order chi connectivity index (χ0) is 15.4. The maximum absolute atomic E-state index is 12.0. The molecule has 0 aromatic heterocycles. The number of rotatable bonds is 5. The second kappa shape index (κ2) is 7.22. The van der Waals surface area contributed by atoms with Crippen LogP contribution in [0, 0.1) is 5.92 Å². The Hall–Kier alpha value is -1.14. The van der Waals surface area contributed by atoms with Crippen molar-refractivity contribution in [1.29, 1.82) is 0 Å². The molecule has 21 heavy (non-hydrogen) atoms. The van der Waals surface area contributed by atoms with E-state index in [0.717, 1.165) is 32.1 Å². The molecule has 2 N–H and O–H groups in total. The molecule has 1 saturated heterocycles. The number of nitrogens with zero attached hydrogens (tertiary/aromatic N) is 1. The third-order valence-electron chi connectivity index (χ3n) is 4.50. The summed E-state index contributed by atoms with van der Waals surface area (Å²) in [5.74, 6) is 0.238. The predicted octanol–water partition coefficient (Wildman–Crippen LogP) is 0.290. The van der Waals surface area contributed by atoms with Gasteiger partial charge in [0.05, 0.1) is 25.2 Å². The summed E-state index contributed by atoms with van der Waals surface area (Å²) in [7, 11) is 3.44. The number of hydrogen-bond acceptors (Lipinski definition) is 4. The van der Waals surface area contributed by atoms with Crippen LogP contribution in [0.15, 0.2) is 0 Å². The summed E-state index contributed by atoms with van der Waals surface area (Å²) in [6.07, 6.45) is 4.26. The fourth-order valence-corrected chi connectivity index (χ4v) is 2.80. The summed E-state index contributed by atoms with van der Waals surface area (Å²) in [6.45, 7) is -0.137. The van der Waals surface area contributed by atoms with Crippen LogP contribution in [-0.4, -0.2) is 60.8 Å². The van der Waals surface area contributed by atoms with E-state index in [2.05, 4.69) is 5.32 Å². The molecule has 0 aromatic carbocycles. The lowest BCUT2D eigenvalue weighted by molar-refractivity contribution is -0.142. The lowest BCUT2D eigenvalue weighted by Gasteiger charge is -2.37. The van der Waals surface area contributed by atoms with Gasteiger partial charge in [0.25, 0.3) is 0 Å². The maximum Gasteiger partial charge on any atom is 0.224 e. The first kappa shape index (κ1) is 16.2. The Labute approximate surface area is 125 Å². The van der Waals surface area contributed by atoms with Crippen molar-refractivity contribution in [3.63, 3.8) is 0 Å². The Bertz CT molecular complexity index is 382. The van der Waals surface area contributed by atoms with Gasteiger partial charge in [0.2, 0.25) is 11.8 Å². The van der Waals surface area contributed by atoms with Crippen molar-refractivity contribution in [2.24, 2.45) is 5.92 Å². The van der Waals surface area contributed by atoms with Crippen LogP contribution < -0.4 is 5.32 Å². The molecule has 0 radical (unpaired) electrons. The molecule has 2 aliphatic rings. The molecule has 0 bridgehead atoms. The van der Waals surface area contributed by atoms with Crippen molar-refractivity contribution in [3.05, 3.63) is 0 Å². The molecule has 2 amide bonds. The second-order valence-corrected chi connectivity index (χ2v) is 6.29. The molecule has 0 spiro atoms. The van der Waals surface area contributed by atoms with Gasteiger partial charge in [-0.2, -0.15) is 0 Å². The van der Waals surface area contributed by atoms with Gasteiger partial charge in [0.1, 0.15) is 6.10 Å². The van der Waals surface area contributed by atoms with Crippen LogP contribution in [0.3, 0.4) is 0 Å². The topological polar surface area (TPSA) is 78.9 Å². The number of carbonyl (C=O) groups is 2. The summed E-state index contributed by atoms with van der Waals surface area (Å²) in [5.41, 5.74) is 0. The predicted molar refractivity (Wildman–Crippen MR) is 77.6 cm³/mol. The highest BCUT2D eigenvalue weighted by Gasteiger charge is 2.35. The van der Waals surface area contributed by atoms with Crippen molar-refractivity contribution < 1.29 is 19.4 Å². The first-order valence-electron chi connectivity index (χ1n) is 7.78. The molecule has 3 atom stereocenters. The number of hydrogen-bond donors (Lipinski definition) is 2. The van der Waals surface area contributed by atoms with Crippen LogP contribution in [0.1, 0.15) is 38.5 Å². The Balaban J connectivity index is 1.83. The van der Waals surface area contributed by atoms with Crippen molar-refractivity contribution in [1.82, 2.24) is 10.2 Å². The third-order valence-corrected chi connectivity index (χ3v) is 4.50. The Morgan fingerprint density at radius 2 is 1.95 bits per heavy atom. The molecule has 1 aliphatic carbocycles. The summed E-state index contributed by atoms with van der Waals surface area (Å²) >= 11 is 0. The summed E-state index contributed by atoms with van der Waals surface area (Å²) in [6, 6.07) is -0.145.